The van der Waals surface area contributed by atoms with Crippen molar-refractivity contribution in [2.24, 2.45) is 0 Å². The Bertz CT molecular complexity index is 164. The summed E-state index contributed by atoms with van der Waals surface area (Å²) in [6.45, 7) is 0. The number of nitrogens with one attached hydrogen (secondary N) is 1. The second-order valence-electron chi connectivity index (χ2n) is 2.35. The molecule has 0 spiro atoms. The van der Waals surface area contributed by atoms with Crippen LogP contribution < -0.4 is 5.32 Å². The Morgan fingerprint density at radius 2 is 2.40 bits per heavy atom. The first-order valence-corrected chi connectivity index (χ1v) is 3.22. The van der Waals surface area contributed by atoms with E-state index in [2.05, 4.69) is 5.32 Å². The molecule has 0 aromatic heterocycles. The minimum Gasteiger partial charge on any atom is -0.480 e. The largest absolute Gasteiger partial charge is 0.480 e. The average molecular weight is 143 g/mol. The van der Waals surface area contributed by atoms with Crippen LogP contribution in [-0.4, -0.2) is 23.0 Å². The van der Waals surface area contributed by atoms with E-state index in [4.69, 9.17) is 5.11 Å². The highest BCUT2D eigenvalue weighted by molar-refractivity contribution is 5.84. The number of carbonyl (C=O) groups is 2. The van der Waals surface area contributed by atoms with Crippen LogP contribution in [0.4, 0.5) is 0 Å². The molecule has 1 aliphatic heterocycles. The van der Waals surface area contributed by atoms with Crippen molar-refractivity contribution in [2.45, 2.75) is 25.3 Å². The highest BCUT2D eigenvalue weighted by Crippen LogP contribution is 2.07. The predicted octanol–water partition coefficient (Wildman–Crippen LogP) is -0.260. The molecule has 0 aromatic rings. The predicted molar refractivity (Wildman–Crippen MR) is 33.4 cm³/mol. The zero-order valence-electron chi connectivity index (χ0n) is 5.46. The summed E-state index contributed by atoms with van der Waals surface area (Å²) >= 11 is 0. The molecule has 0 aliphatic carbocycles. The number of hydrogen-bond donors (Lipinski definition) is 2. The molecule has 10 heavy (non-hydrogen) atoms. The molecule has 1 heterocycles. The van der Waals surface area contributed by atoms with E-state index in [1.807, 2.05) is 0 Å². The molecule has 0 saturated carbocycles. The van der Waals surface area contributed by atoms with Crippen LogP contribution in [0.3, 0.4) is 0 Å². The Hall–Kier alpha value is -1.06. The van der Waals surface area contributed by atoms with E-state index >= 15 is 0 Å². The zero-order chi connectivity index (χ0) is 7.56. The van der Waals surface area contributed by atoms with Gasteiger partial charge in [-0.2, -0.15) is 0 Å². The van der Waals surface area contributed by atoms with Gasteiger partial charge in [0, 0.05) is 6.42 Å². The fourth-order valence-corrected chi connectivity index (χ4v) is 0.991. The van der Waals surface area contributed by atoms with Crippen LogP contribution >= 0.6 is 0 Å². The number of carboxylic acid groups (broad SMARTS) is 1. The smallest absolute Gasteiger partial charge is 0.326 e. The lowest BCUT2D eigenvalue weighted by atomic mass is 10.1. The maximum absolute atomic E-state index is 10.6. The highest BCUT2D eigenvalue weighted by Gasteiger charge is 2.23. The van der Waals surface area contributed by atoms with E-state index in [1.165, 1.54) is 0 Å². The lowest BCUT2D eigenvalue weighted by Gasteiger charge is -2.18. The Kier molecular flexibility index (Phi) is 1.89. The van der Waals surface area contributed by atoms with Crippen LogP contribution in [0.1, 0.15) is 19.3 Å². The first-order valence-electron chi connectivity index (χ1n) is 3.22. The molecule has 1 amide bonds. The van der Waals surface area contributed by atoms with Gasteiger partial charge in [0.05, 0.1) is 0 Å². The third-order valence-electron chi connectivity index (χ3n) is 1.53. The van der Waals surface area contributed by atoms with E-state index in [-0.39, 0.29) is 5.91 Å². The minimum atomic E-state index is -0.937. The van der Waals surface area contributed by atoms with Crippen molar-refractivity contribution in [2.75, 3.05) is 0 Å². The molecule has 0 radical (unpaired) electrons. The van der Waals surface area contributed by atoms with Gasteiger partial charge in [-0.1, -0.05) is 0 Å². The van der Waals surface area contributed by atoms with Crippen molar-refractivity contribution < 1.29 is 14.7 Å². The second-order valence-corrected chi connectivity index (χ2v) is 2.35. The van der Waals surface area contributed by atoms with Gasteiger partial charge >= 0.3 is 5.97 Å². The van der Waals surface area contributed by atoms with Crippen molar-refractivity contribution in [3.8, 4) is 0 Å². The van der Waals surface area contributed by atoms with Gasteiger partial charge in [0.2, 0.25) is 5.91 Å². The summed E-state index contributed by atoms with van der Waals surface area (Å²) in [5, 5.41) is 10.8. The quantitative estimate of drug-likeness (QED) is 0.531. The number of hydrogen-bond acceptors (Lipinski definition) is 2. The standard InChI is InChI=1S/C6H9NO3/c8-5-3-1-2-4(7-5)6(9)10/h4H,1-3H2,(H,7,8)(H,9,10)/t4-/m1/s1. The molecule has 4 heteroatoms. The molecule has 0 unspecified atom stereocenters. The van der Waals surface area contributed by atoms with Crippen molar-refractivity contribution in [1.29, 1.82) is 0 Å². The van der Waals surface area contributed by atoms with E-state index in [0.717, 1.165) is 0 Å². The monoisotopic (exact) mass is 143 g/mol. The van der Waals surface area contributed by atoms with Crippen molar-refractivity contribution in [3.05, 3.63) is 0 Å². The second kappa shape index (κ2) is 2.68. The Morgan fingerprint density at radius 3 is 2.80 bits per heavy atom. The fourth-order valence-electron chi connectivity index (χ4n) is 0.991. The summed E-state index contributed by atoms with van der Waals surface area (Å²) in [7, 11) is 0. The number of amides is 1. The molecule has 1 rings (SSSR count). The van der Waals surface area contributed by atoms with Crippen molar-refractivity contribution in [1.82, 2.24) is 5.32 Å². The first kappa shape index (κ1) is 7.05. The van der Waals surface area contributed by atoms with E-state index in [0.29, 0.717) is 19.3 Å². The third kappa shape index (κ3) is 1.46. The Balaban J connectivity index is 2.47. The number of aliphatic carboxylic acids is 1. The average Bonchev–Trinajstić information content (AvgIpc) is 1.88. The molecule has 0 bridgehead atoms. The number of carboxylic acids is 1. The summed E-state index contributed by atoms with van der Waals surface area (Å²) in [5.41, 5.74) is 0. The lowest BCUT2D eigenvalue weighted by molar-refractivity contribution is -0.143. The summed E-state index contributed by atoms with van der Waals surface area (Å²) < 4.78 is 0. The highest BCUT2D eigenvalue weighted by atomic mass is 16.4. The van der Waals surface area contributed by atoms with Gasteiger partial charge in [0.25, 0.3) is 0 Å². The fraction of sp³-hybridized carbons (Fsp3) is 0.667. The number of rotatable bonds is 1. The molecule has 1 aliphatic rings. The summed E-state index contributed by atoms with van der Waals surface area (Å²) in [5.74, 6) is -1.09. The van der Waals surface area contributed by atoms with E-state index in [1.54, 1.807) is 0 Å². The van der Waals surface area contributed by atoms with Gasteiger partial charge in [-0.25, -0.2) is 4.79 Å². The lowest BCUT2D eigenvalue weighted by Crippen LogP contribution is -2.43. The molecule has 1 fully saturated rings. The first-order chi connectivity index (χ1) is 4.70. The van der Waals surface area contributed by atoms with Gasteiger partial charge in [-0.3, -0.25) is 4.79 Å². The summed E-state index contributed by atoms with van der Waals surface area (Å²) in [4.78, 5) is 20.9. The summed E-state index contributed by atoms with van der Waals surface area (Å²) in [6.07, 6.45) is 1.70. The molecular formula is C6H9NO3. The molecule has 1 saturated heterocycles. The molecular weight excluding hydrogens is 134 g/mol. The Labute approximate surface area is 58.2 Å². The van der Waals surface area contributed by atoms with Crippen LogP contribution in [0.5, 0.6) is 0 Å². The molecule has 56 valence electrons. The van der Waals surface area contributed by atoms with E-state index in [9.17, 15) is 9.59 Å². The van der Waals surface area contributed by atoms with E-state index < -0.39 is 12.0 Å². The normalized spacial score (nSPS) is 25.6. The van der Waals surface area contributed by atoms with Gasteiger partial charge in [-0.15, -0.1) is 0 Å². The number of carbonyl (C=O) groups excluding carboxylic acids is 1. The van der Waals surface area contributed by atoms with Crippen LogP contribution in [0, 0.1) is 0 Å². The van der Waals surface area contributed by atoms with Crippen molar-refractivity contribution in [3.63, 3.8) is 0 Å². The molecule has 0 aromatic carbocycles. The summed E-state index contributed by atoms with van der Waals surface area (Å²) in [6, 6.07) is -0.652. The van der Waals surface area contributed by atoms with Crippen LogP contribution in [0.2, 0.25) is 0 Å². The minimum absolute atomic E-state index is 0.154. The SMILES string of the molecule is O=C1CCC[C@H](C(=O)O)N1. The van der Waals surface area contributed by atoms with Gasteiger partial charge in [-0.05, 0) is 12.8 Å². The Morgan fingerprint density at radius 1 is 1.70 bits per heavy atom. The van der Waals surface area contributed by atoms with Gasteiger partial charge in [0.1, 0.15) is 6.04 Å². The zero-order valence-corrected chi connectivity index (χ0v) is 5.46. The van der Waals surface area contributed by atoms with Crippen LogP contribution in [-0.2, 0) is 9.59 Å². The molecule has 4 nitrogen and oxygen atoms in total. The molecule has 2 N–H and O–H groups in total. The maximum Gasteiger partial charge on any atom is 0.326 e. The van der Waals surface area contributed by atoms with Crippen molar-refractivity contribution >= 4 is 11.9 Å². The van der Waals surface area contributed by atoms with Gasteiger partial charge in [0.15, 0.2) is 0 Å². The van der Waals surface area contributed by atoms with Crippen LogP contribution in [0.25, 0.3) is 0 Å². The van der Waals surface area contributed by atoms with Crippen LogP contribution in [0.15, 0.2) is 0 Å². The molecule has 1 atom stereocenters. The third-order valence-corrected chi connectivity index (χ3v) is 1.53. The van der Waals surface area contributed by atoms with Gasteiger partial charge < -0.3 is 10.4 Å². The maximum atomic E-state index is 10.6. The topological polar surface area (TPSA) is 66.4 Å². The number of piperidine rings is 1.